The van der Waals surface area contributed by atoms with E-state index in [1.54, 1.807) is 6.92 Å². The van der Waals surface area contributed by atoms with Gasteiger partial charge in [0, 0.05) is 22.6 Å². The number of ketones is 3. The molecule has 1 unspecified atom stereocenters. The Morgan fingerprint density at radius 1 is 1.14 bits per heavy atom. The Kier molecular flexibility index (Phi) is 5.56. The van der Waals surface area contributed by atoms with Crippen LogP contribution in [0.3, 0.4) is 0 Å². The summed E-state index contributed by atoms with van der Waals surface area (Å²) >= 11 is 0. The lowest BCUT2D eigenvalue weighted by molar-refractivity contribution is -0.124. The molecule has 0 fully saturated rings. The van der Waals surface area contributed by atoms with Crippen molar-refractivity contribution < 1.29 is 14.4 Å². The molecule has 2 atom stereocenters. The largest absolute Gasteiger partial charge is 0.300 e. The third-order valence-electron chi connectivity index (χ3n) is 6.43. The van der Waals surface area contributed by atoms with E-state index in [2.05, 4.69) is 19.1 Å². The van der Waals surface area contributed by atoms with Crippen molar-refractivity contribution in [2.45, 2.75) is 60.8 Å². The highest BCUT2D eigenvalue weighted by molar-refractivity contribution is 6.24. The molecule has 0 amide bonds. The fourth-order valence-corrected chi connectivity index (χ4v) is 4.68. The van der Waals surface area contributed by atoms with Gasteiger partial charge in [0.15, 0.2) is 11.6 Å². The van der Waals surface area contributed by atoms with E-state index < -0.39 is 0 Å². The van der Waals surface area contributed by atoms with Crippen LogP contribution in [0, 0.1) is 31.6 Å². The molecule has 3 nitrogen and oxygen atoms in total. The molecular formula is C25H30O3. The second-order valence-electron chi connectivity index (χ2n) is 8.61. The van der Waals surface area contributed by atoms with E-state index in [0.717, 1.165) is 11.1 Å². The fraction of sp³-hybridized carbons (Fsp3) is 0.480. The average molecular weight is 379 g/mol. The van der Waals surface area contributed by atoms with Crippen LogP contribution in [0.1, 0.15) is 62.8 Å². The summed E-state index contributed by atoms with van der Waals surface area (Å²) in [5.41, 5.74) is 6.37. The van der Waals surface area contributed by atoms with Gasteiger partial charge in [0.05, 0.1) is 5.92 Å². The number of fused-ring (bicyclic) bond motifs is 2. The maximum Gasteiger partial charge on any atom is 0.186 e. The minimum atomic E-state index is -0.390. The molecule has 28 heavy (non-hydrogen) atoms. The van der Waals surface area contributed by atoms with Gasteiger partial charge < -0.3 is 0 Å². The quantitative estimate of drug-likeness (QED) is 0.727. The molecule has 0 saturated heterocycles. The zero-order valence-corrected chi connectivity index (χ0v) is 17.8. The summed E-state index contributed by atoms with van der Waals surface area (Å²) in [4.78, 5) is 39.0. The summed E-state index contributed by atoms with van der Waals surface area (Å²) in [7, 11) is 0. The third-order valence-corrected chi connectivity index (χ3v) is 6.43. The standard InChI is InChI=1S/C25H30O3/c1-7-17(16(6)26)10-22-23(13(2)3)25(28)21-12-19-15(5)9-8-14(4)18(19)11-20(21)24(22)27/h8-9,11,13,17,21H,7,10,12H2,1-6H3/t17-,21?/m0/s1. The topological polar surface area (TPSA) is 51.2 Å². The number of aryl methyl sites for hydroxylation is 2. The number of carbonyl (C=O) groups is 3. The van der Waals surface area contributed by atoms with Gasteiger partial charge in [0.25, 0.3) is 0 Å². The van der Waals surface area contributed by atoms with Crippen LogP contribution in [0.15, 0.2) is 28.9 Å². The van der Waals surface area contributed by atoms with Crippen LogP contribution in [0.4, 0.5) is 0 Å². The van der Waals surface area contributed by atoms with Crippen molar-refractivity contribution in [1.82, 2.24) is 0 Å². The van der Waals surface area contributed by atoms with Crippen LogP contribution >= 0.6 is 0 Å². The Morgan fingerprint density at radius 2 is 1.79 bits per heavy atom. The van der Waals surface area contributed by atoms with Crippen molar-refractivity contribution in [2.24, 2.45) is 17.8 Å². The Bertz CT molecular complexity index is 927. The van der Waals surface area contributed by atoms with Crippen molar-refractivity contribution in [2.75, 3.05) is 0 Å². The molecule has 0 bridgehead atoms. The van der Waals surface area contributed by atoms with Crippen LogP contribution < -0.4 is 0 Å². The monoisotopic (exact) mass is 378 g/mol. The van der Waals surface area contributed by atoms with Crippen molar-refractivity contribution in [3.63, 3.8) is 0 Å². The first kappa shape index (κ1) is 20.4. The van der Waals surface area contributed by atoms with E-state index in [-0.39, 0.29) is 35.1 Å². The molecule has 0 aromatic heterocycles. The summed E-state index contributed by atoms with van der Waals surface area (Å²) in [6, 6.07) is 4.16. The molecule has 0 radical (unpaired) electrons. The molecule has 3 heteroatoms. The highest BCUT2D eigenvalue weighted by Gasteiger charge is 2.42. The minimum absolute atomic E-state index is 0.0282. The van der Waals surface area contributed by atoms with Crippen LogP contribution in [0.25, 0.3) is 6.08 Å². The first-order valence-corrected chi connectivity index (χ1v) is 10.3. The summed E-state index contributed by atoms with van der Waals surface area (Å²) in [6.45, 7) is 11.6. The Hall–Kier alpha value is -2.29. The molecule has 2 aliphatic rings. The third kappa shape index (κ3) is 3.32. The van der Waals surface area contributed by atoms with Crippen LogP contribution in [-0.2, 0) is 20.8 Å². The van der Waals surface area contributed by atoms with Crippen LogP contribution in [0.2, 0.25) is 0 Å². The van der Waals surface area contributed by atoms with Gasteiger partial charge in [-0.3, -0.25) is 14.4 Å². The summed E-state index contributed by atoms with van der Waals surface area (Å²) in [5.74, 6) is -0.510. The lowest BCUT2D eigenvalue weighted by Gasteiger charge is -2.34. The van der Waals surface area contributed by atoms with E-state index in [1.165, 1.54) is 11.1 Å². The Balaban J connectivity index is 2.16. The van der Waals surface area contributed by atoms with E-state index in [4.69, 9.17) is 0 Å². The van der Waals surface area contributed by atoms with Crippen molar-refractivity contribution in [3.05, 3.63) is 51.1 Å². The molecule has 0 heterocycles. The number of carbonyl (C=O) groups excluding carboxylic acids is 3. The average Bonchev–Trinajstić information content (AvgIpc) is 2.64. The molecule has 148 valence electrons. The normalized spacial score (nSPS) is 20.1. The summed E-state index contributed by atoms with van der Waals surface area (Å²) < 4.78 is 0. The van der Waals surface area contributed by atoms with E-state index in [9.17, 15) is 14.4 Å². The predicted molar refractivity (Wildman–Crippen MR) is 112 cm³/mol. The van der Waals surface area contributed by atoms with Gasteiger partial charge >= 0.3 is 0 Å². The highest BCUT2D eigenvalue weighted by Crippen LogP contribution is 2.42. The fourth-order valence-electron chi connectivity index (χ4n) is 4.68. The molecule has 1 aromatic rings. The van der Waals surface area contributed by atoms with Gasteiger partial charge in [0.1, 0.15) is 5.78 Å². The van der Waals surface area contributed by atoms with Crippen LogP contribution in [-0.4, -0.2) is 17.3 Å². The van der Waals surface area contributed by atoms with Gasteiger partial charge in [-0.05, 0) is 74.3 Å². The zero-order valence-electron chi connectivity index (χ0n) is 17.8. The molecule has 0 saturated carbocycles. The zero-order chi connectivity index (χ0) is 20.7. The van der Waals surface area contributed by atoms with Crippen molar-refractivity contribution in [1.29, 1.82) is 0 Å². The summed E-state index contributed by atoms with van der Waals surface area (Å²) in [5, 5.41) is 0. The Labute approximate surface area is 167 Å². The van der Waals surface area contributed by atoms with Crippen LogP contribution in [0.5, 0.6) is 0 Å². The predicted octanol–water partition coefficient (Wildman–Crippen LogP) is 4.97. The molecule has 2 aliphatic carbocycles. The maximum atomic E-state index is 13.5. The lowest BCUT2D eigenvalue weighted by Crippen LogP contribution is -2.37. The first-order valence-electron chi connectivity index (χ1n) is 10.3. The molecule has 0 spiro atoms. The smallest absolute Gasteiger partial charge is 0.186 e. The minimum Gasteiger partial charge on any atom is -0.300 e. The SMILES string of the molecule is CC[C@@H](CC1=C(C(C)C)C(=O)C2Cc3c(C)ccc(C)c3C=C2C1=O)C(C)=O. The highest BCUT2D eigenvalue weighted by atomic mass is 16.1. The number of hydrogen-bond donors (Lipinski definition) is 0. The van der Waals surface area contributed by atoms with Crippen molar-refractivity contribution >= 4 is 23.4 Å². The second kappa shape index (κ2) is 7.62. The molecule has 3 rings (SSSR count). The van der Waals surface area contributed by atoms with Gasteiger partial charge in [-0.2, -0.15) is 0 Å². The van der Waals surface area contributed by atoms with Crippen molar-refractivity contribution in [3.8, 4) is 0 Å². The Morgan fingerprint density at radius 3 is 2.36 bits per heavy atom. The van der Waals surface area contributed by atoms with E-state index in [1.807, 2.05) is 33.8 Å². The number of rotatable bonds is 5. The number of Topliss-reactive ketones (excluding diaryl/α,β-unsaturated/α-hetero) is 3. The molecule has 1 aromatic carbocycles. The van der Waals surface area contributed by atoms with Gasteiger partial charge in [-0.15, -0.1) is 0 Å². The number of hydrogen-bond acceptors (Lipinski definition) is 3. The van der Waals surface area contributed by atoms with Gasteiger partial charge in [-0.1, -0.05) is 32.9 Å². The van der Waals surface area contributed by atoms with E-state index >= 15 is 0 Å². The van der Waals surface area contributed by atoms with Gasteiger partial charge in [-0.25, -0.2) is 0 Å². The lowest BCUT2D eigenvalue weighted by atomic mass is 9.67. The first-order chi connectivity index (χ1) is 13.2. The maximum absolute atomic E-state index is 13.5. The second-order valence-corrected chi connectivity index (χ2v) is 8.61. The van der Waals surface area contributed by atoms with E-state index in [0.29, 0.717) is 36.0 Å². The molecule has 0 aliphatic heterocycles. The van der Waals surface area contributed by atoms with Gasteiger partial charge in [0.2, 0.25) is 0 Å². The molecular weight excluding hydrogens is 348 g/mol. The summed E-state index contributed by atoms with van der Waals surface area (Å²) in [6.07, 6.45) is 3.58. The number of benzene rings is 1. The molecule has 0 N–H and O–H groups in total. The number of allylic oxidation sites excluding steroid dienone is 3.